The van der Waals surface area contributed by atoms with Crippen molar-refractivity contribution in [3.05, 3.63) is 22.7 Å². The summed E-state index contributed by atoms with van der Waals surface area (Å²) < 4.78 is 135. The summed E-state index contributed by atoms with van der Waals surface area (Å²) in [6.07, 6.45) is -18.5. The van der Waals surface area contributed by atoms with Gasteiger partial charge >= 0.3 is 51.2 Å². The van der Waals surface area contributed by atoms with E-state index in [0.717, 1.165) is 0 Å². The number of rotatable bonds is 10. The second kappa shape index (κ2) is 10.2. The first-order chi connectivity index (χ1) is 17.0. The largest absolute Gasteiger partial charge is 1.00 e. The van der Waals surface area contributed by atoms with Crippen LogP contribution in [0, 0.1) is 0 Å². The van der Waals surface area contributed by atoms with Gasteiger partial charge in [0.05, 0.1) is 25.3 Å². The van der Waals surface area contributed by atoms with E-state index < -0.39 is 80.7 Å². The Kier molecular flexibility index (Phi) is 4.52. The number of nitrogens with zero attached hydrogens (tertiary/aromatic N) is 2. The molecule has 0 spiro atoms. The second-order valence-electron chi connectivity index (χ2n) is 3.85. The third-order valence-electron chi connectivity index (χ3n) is 2.13. The number of phosphoric acid groups is 2. The Hall–Kier alpha value is 0.0148. The molecule has 2 rings (SSSR count). The Balaban J connectivity index is 0.00000760. The number of phosphoric ester groups is 1. The van der Waals surface area contributed by atoms with Gasteiger partial charge in [0.25, 0.3) is 0 Å². The summed E-state index contributed by atoms with van der Waals surface area (Å²) >= 11 is 0. The molecule has 3 unspecified atom stereocenters. The molecule has 1 saturated heterocycles. The molecule has 1 fully saturated rings. The number of ether oxygens (including phenoxy) is 1. The van der Waals surface area contributed by atoms with Crippen LogP contribution >= 0.6 is 15.6 Å². The average molecular weight is 428 g/mol. The predicted molar refractivity (Wildman–Crippen MR) is 73.3 cm³/mol. The van der Waals surface area contributed by atoms with E-state index in [1.54, 1.807) is 0 Å². The van der Waals surface area contributed by atoms with Crippen molar-refractivity contribution in [2.45, 2.75) is 24.4 Å². The van der Waals surface area contributed by atoms with Crippen LogP contribution in [0.25, 0.3) is 0 Å². The summed E-state index contributed by atoms with van der Waals surface area (Å²) in [6, 6.07) is -1.30. The molecule has 2 heterocycles. The minimum atomic E-state index is -6.40. The smallest absolute Gasteiger partial charge is 0.789 e. The summed E-state index contributed by atoms with van der Waals surface area (Å²) in [6.45, 7) is -4.52. The maximum Gasteiger partial charge on any atom is 1.00 e. The van der Waals surface area contributed by atoms with Crippen LogP contribution < -0.4 is 58.9 Å². The summed E-state index contributed by atoms with van der Waals surface area (Å²) in [5.41, 5.74) is -2.37. The zero-order valence-electron chi connectivity index (χ0n) is 26.2. The number of nitrogen functional groups attached to an aromatic ring is 1. The SMILES string of the molecule is [2H]O[C@@]1([2H])C([2H])(C([2H])([2H])OP(=O)(O[2H])OP(=O)([O-])[O-])OC([2H])(n2c([2H])c([2H])c(N([2H])[2H])nc2=O)[C@@]1([2H])O[2H].[Li+].[Li+]. The molecule has 0 bridgehead atoms. The Morgan fingerprint density at radius 3 is 2.78 bits per heavy atom. The van der Waals surface area contributed by atoms with Gasteiger partial charge in [-0.2, -0.15) is 4.98 Å². The monoisotopic (exact) mass is 428 g/mol. The Labute approximate surface area is 194 Å². The van der Waals surface area contributed by atoms with Crippen LogP contribution in [0.2, 0.25) is 2.82 Å². The molecule has 1 aromatic rings. The van der Waals surface area contributed by atoms with E-state index >= 15 is 0 Å². The molecule has 1 aliphatic rings. The summed E-state index contributed by atoms with van der Waals surface area (Å²) in [4.78, 5) is 40.6. The topological polar surface area (TPSA) is 230 Å². The molecule has 0 amide bonds. The minimum absolute atomic E-state index is 0. The molecule has 1 aliphatic heterocycles. The first kappa shape index (κ1) is 12.0. The molecule has 14 nitrogen and oxygen atoms in total. The standard InChI is InChI=1S/C9H15N3O11P2.2Li/c10-5-1-2-12(9(15)11-5)8-7(14)6(13)4(22-8)3-21-25(19,20)23-24(16,17)18;;/h1-2,4,6-8,13-14H,3H2,(H,19,20)(H2,10,11,15)(H2,16,17,18);;/q;2*+1/p-2/t4?,6-,7-,8?;;/m0../s1/i1D,2D,3D2,4D,6D,7D,8D,13D,14D;;/hD3. The Bertz CT molecular complexity index is 1260. The van der Waals surface area contributed by atoms with Crippen LogP contribution in [0.3, 0.4) is 0 Å². The van der Waals surface area contributed by atoms with Gasteiger partial charge in [-0.05, 0) is 6.04 Å². The predicted octanol–water partition coefficient (Wildman–Crippen LogP) is -9.58. The van der Waals surface area contributed by atoms with Gasteiger partial charge in [0.2, 0.25) is 4.29 Å². The fourth-order valence-electron chi connectivity index (χ4n) is 1.30. The van der Waals surface area contributed by atoms with Crippen LogP contribution in [0.5, 0.6) is 0 Å². The van der Waals surface area contributed by atoms with Crippen LogP contribution in [0.1, 0.15) is 17.2 Å². The van der Waals surface area contributed by atoms with Crippen LogP contribution in [0.15, 0.2) is 17.0 Å². The molecular weight excluding hydrogens is 402 g/mol. The molecule has 18 heteroatoms. The molecule has 0 radical (unpaired) electrons. The Morgan fingerprint density at radius 2 is 2.22 bits per heavy atom. The second-order valence-corrected chi connectivity index (χ2v) is 6.48. The third-order valence-corrected chi connectivity index (χ3v) is 4.05. The van der Waals surface area contributed by atoms with Crippen molar-refractivity contribution >= 4 is 21.5 Å². The normalized spacial score (nSPS) is 45.3. The van der Waals surface area contributed by atoms with Crippen molar-refractivity contribution < 1.29 is 99.1 Å². The average Bonchev–Trinajstić information content (AvgIpc) is 2.91. The van der Waals surface area contributed by atoms with E-state index in [1.807, 2.05) is 0 Å². The molecule has 27 heavy (non-hydrogen) atoms. The zero-order chi connectivity index (χ0) is 29.9. The van der Waals surface area contributed by atoms with E-state index in [0.29, 0.717) is 0 Å². The summed E-state index contributed by atoms with van der Waals surface area (Å²) in [5.74, 6) is -1.13. The van der Waals surface area contributed by atoms with Gasteiger partial charge in [-0.25, -0.2) is 9.36 Å². The summed E-state index contributed by atoms with van der Waals surface area (Å²) in [5, 5.41) is 7.80. The van der Waals surface area contributed by atoms with Crippen molar-refractivity contribution in [1.82, 2.24) is 9.55 Å². The molecule has 5 atom stereocenters. The van der Waals surface area contributed by atoms with Gasteiger partial charge in [-0.15, -0.1) is 0 Å². The molecule has 0 aromatic carbocycles. The quantitative estimate of drug-likeness (QED) is 0.201. The van der Waals surface area contributed by atoms with Gasteiger partial charge < -0.3 is 39.9 Å². The van der Waals surface area contributed by atoms with Gasteiger partial charge in [0.15, 0.2) is 9.03 Å². The van der Waals surface area contributed by atoms with Crippen molar-refractivity contribution in [1.29, 1.82) is 4.29 Å². The fourth-order valence-corrected chi connectivity index (χ4v) is 2.61. The number of hydrogen-bond acceptors (Lipinski definition) is 13. The van der Waals surface area contributed by atoms with Crippen molar-refractivity contribution in [3.63, 3.8) is 0 Å². The van der Waals surface area contributed by atoms with Crippen molar-refractivity contribution in [2.24, 2.45) is 0 Å². The first-order valence-corrected chi connectivity index (χ1v) is 8.45. The molecule has 0 saturated carbocycles. The number of anilines is 1. The van der Waals surface area contributed by atoms with Gasteiger partial charge in [0.1, 0.15) is 24.1 Å². The van der Waals surface area contributed by atoms with Gasteiger partial charge in [-0.3, -0.25) is 13.4 Å². The molecule has 5 N–H and O–H groups in total. The zero-order valence-corrected chi connectivity index (χ0v) is 15.0. The van der Waals surface area contributed by atoms with E-state index in [4.69, 9.17) is 22.8 Å². The van der Waals surface area contributed by atoms with E-state index in [9.17, 15) is 23.7 Å². The Morgan fingerprint density at radius 1 is 1.52 bits per heavy atom. The van der Waals surface area contributed by atoms with Crippen molar-refractivity contribution in [2.75, 3.05) is 12.3 Å². The summed E-state index contributed by atoms with van der Waals surface area (Å²) in [7, 11) is -12.6. The van der Waals surface area contributed by atoms with Gasteiger partial charge in [-0.1, -0.05) is 0 Å². The molecular formula is C9H13Li2N3O11P2. The number of aromatic nitrogens is 2. The van der Waals surface area contributed by atoms with E-state index in [1.165, 1.54) is 0 Å². The minimum Gasteiger partial charge on any atom is -0.789 e. The fraction of sp³-hybridized carbons (Fsp3) is 0.556. The van der Waals surface area contributed by atoms with E-state index in [2.05, 4.69) is 28.9 Å². The maximum absolute atomic E-state index is 12.6. The molecule has 0 aliphatic carbocycles. The number of nitrogens with two attached hydrogens (primary N) is 1. The van der Waals surface area contributed by atoms with Crippen LogP contribution in [-0.2, 0) is 22.7 Å². The maximum atomic E-state index is 12.6. The third kappa shape index (κ3) is 7.40. The van der Waals surface area contributed by atoms with Crippen LogP contribution in [-0.4, -0.2) is 53.8 Å². The number of aliphatic hydroxyl groups is 2. The van der Waals surface area contributed by atoms with Gasteiger partial charge in [0, 0.05) is 6.17 Å². The van der Waals surface area contributed by atoms with Crippen molar-refractivity contribution in [3.8, 4) is 0 Å². The number of hydrogen-bond donors (Lipinski definition) is 4. The molecule has 1 aromatic heterocycles. The molecule has 142 valence electrons. The van der Waals surface area contributed by atoms with Crippen LogP contribution in [0.4, 0.5) is 5.82 Å². The van der Waals surface area contributed by atoms with E-state index in [-0.39, 0.29) is 37.7 Å². The first-order valence-electron chi connectivity index (χ1n) is 11.6.